The van der Waals surface area contributed by atoms with E-state index in [1.54, 1.807) is 0 Å². The van der Waals surface area contributed by atoms with Gasteiger partial charge >= 0.3 is 18.9 Å². The third-order valence-electron chi connectivity index (χ3n) is 2.16. The van der Waals surface area contributed by atoms with Gasteiger partial charge in [-0.25, -0.2) is 0 Å². The van der Waals surface area contributed by atoms with Gasteiger partial charge in [0, 0.05) is 0 Å². The van der Waals surface area contributed by atoms with Gasteiger partial charge in [0.15, 0.2) is 0 Å². The van der Waals surface area contributed by atoms with Crippen LogP contribution in [0.2, 0.25) is 0 Å². The van der Waals surface area contributed by atoms with Crippen molar-refractivity contribution in [2.24, 2.45) is 0 Å². The first kappa shape index (κ1) is 8.91. The Morgan fingerprint density at radius 3 is 2.82 bits per heavy atom. The normalized spacial score (nSPS) is 14.9. The minimum absolute atomic E-state index is 0. The summed E-state index contributed by atoms with van der Waals surface area (Å²) >= 11 is 0. The van der Waals surface area contributed by atoms with Crippen molar-refractivity contribution in [2.45, 2.75) is 25.7 Å². The summed E-state index contributed by atoms with van der Waals surface area (Å²) < 4.78 is 0. The zero-order chi connectivity index (χ0) is 6.81. The van der Waals surface area contributed by atoms with Crippen LogP contribution in [0.5, 0.6) is 0 Å². The standard InChI is InChI=1S/C10H11.Li/c1-2-6-10-8-4-3-7-9(10)5-1;/h1-2,5H,3-4,7-8H2;/q-1;+1. The number of rotatable bonds is 0. The Bertz CT molecular complexity index is 205. The van der Waals surface area contributed by atoms with Crippen molar-refractivity contribution in [1.29, 1.82) is 0 Å². The molecule has 0 radical (unpaired) electrons. The van der Waals surface area contributed by atoms with Crippen LogP contribution < -0.4 is 18.9 Å². The van der Waals surface area contributed by atoms with Gasteiger partial charge in [-0.3, -0.25) is 0 Å². The van der Waals surface area contributed by atoms with Crippen molar-refractivity contribution < 1.29 is 18.9 Å². The fourth-order valence-corrected chi connectivity index (χ4v) is 1.59. The van der Waals surface area contributed by atoms with E-state index in [1.807, 2.05) is 6.07 Å². The van der Waals surface area contributed by atoms with Crippen LogP contribution in [0.15, 0.2) is 18.2 Å². The van der Waals surface area contributed by atoms with Gasteiger partial charge < -0.3 is 0 Å². The predicted molar refractivity (Wildman–Crippen MR) is 41.9 cm³/mol. The van der Waals surface area contributed by atoms with E-state index >= 15 is 0 Å². The summed E-state index contributed by atoms with van der Waals surface area (Å²) in [5.41, 5.74) is 2.97. The summed E-state index contributed by atoms with van der Waals surface area (Å²) in [6, 6.07) is 9.62. The molecule has 1 aromatic carbocycles. The maximum Gasteiger partial charge on any atom is 1.00 e. The van der Waals surface area contributed by atoms with Crippen LogP contribution in [-0.4, -0.2) is 0 Å². The molecule has 1 aliphatic rings. The van der Waals surface area contributed by atoms with Crippen molar-refractivity contribution in [3.05, 3.63) is 35.4 Å². The van der Waals surface area contributed by atoms with Crippen LogP contribution in [-0.2, 0) is 12.8 Å². The molecule has 0 fully saturated rings. The van der Waals surface area contributed by atoms with Gasteiger partial charge in [0.2, 0.25) is 0 Å². The molecule has 0 amide bonds. The first-order chi connectivity index (χ1) is 4.97. The van der Waals surface area contributed by atoms with Crippen molar-refractivity contribution in [3.8, 4) is 0 Å². The minimum Gasteiger partial charge on any atom is -0.180 e. The number of fused-ring (bicyclic) bond motifs is 1. The van der Waals surface area contributed by atoms with Gasteiger partial charge in [-0.1, -0.05) is 25.7 Å². The number of benzene rings is 1. The van der Waals surface area contributed by atoms with E-state index < -0.39 is 0 Å². The second kappa shape index (κ2) is 4.00. The molecule has 1 aliphatic carbocycles. The second-order valence-electron chi connectivity index (χ2n) is 2.88. The van der Waals surface area contributed by atoms with E-state index in [-0.39, 0.29) is 18.9 Å². The average Bonchev–Trinajstić information content (AvgIpc) is 2.05. The summed E-state index contributed by atoms with van der Waals surface area (Å²) in [5, 5.41) is 0. The molecular weight excluding hydrogens is 127 g/mol. The van der Waals surface area contributed by atoms with Gasteiger partial charge in [-0.05, 0) is 0 Å². The van der Waals surface area contributed by atoms with E-state index in [1.165, 1.54) is 36.8 Å². The van der Waals surface area contributed by atoms with E-state index in [0.29, 0.717) is 0 Å². The Labute approximate surface area is 80.2 Å². The molecule has 0 heterocycles. The molecule has 11 heavy (non-hydrogen) atoms. The molecule has 0 aliphatic heterocycles. The molecule has 0 atom stereocenters. The smallest absolute Gasteiger partial charge is 0.180 e. The largest absolute Gasteiger partial charge is 1.00 e. The van der Waals surface area contributed by atoms with E-state index in [4.69, 9.17) is 0 Å². The summed E-state index contributed by atoms with van der Waals surface area (Å²) in [6.07, 6.45) is 5.24. The molecule has 0 N–H and O–H groups in total. The summed E-state index contributed by atoms with van der Waals surface area (Å²) in [7, 11) is 0. The van der Waals surface area contributed by atoms with E-state index in [0.717, 1.165) is 0 Å². The zero-order valence-corrected chi connectivity index (χ0v) is 7.06. The average molecular weight is 138 g/mol. The van der Waals surface area contributed by atoms with Crippen LogP contribution in [0.3, 0.4) is 0 Å². The van der Waals surface area contributed by atoms with Gasteiger partial charge in [0.05, 0.1) is 0 Å². The fourth-order valence-electron chi connectivity index (χ4n) is 1.59. The molecule has 0 unspecified atom stereocenters. The van der Waals surface area contributed by atoms with Gasteiger partial charge in [-0.2, -0.15) is 35.4 Å². The first-order valence-electron chi connectivity index (χ1n) is 3.95. The molecule has 0 nitrogen and oxygen atoms in total. The Kier molecular flexibility index (Phi) is 3.24. The fraction of sp³-hybridized carbons (Fsp3) is 0.400. The number of hydrogen-bond donors (Lipinski definition) is 0. The molecule has 0 spiro atoms. The van der Waals surface area contributed by atoms with Crippen LogP contribution >= 0.6 is 0 Å². The molecule has 2 rings (SSSR count). The van der Waals surface area contributed by atoms with Crippen molar-refractivity contribution in [2.75, 3.05) is 0 Å². The Morgan fingerprint density at radius 2 is 2.00 bits per heavy atom. The van der Waals surface area contributed by atoms with E-state index in [2.05, 4.69) is 18.2 Å². The molecule has 1 aromatic rings. The Balaban J connectivity index is 0.000000605. The predicted octanol–water partition coefficient (Wildman–Crippen LogP) is -0.630. The van der Waals surface area contributed by atoms with Crippen LogP contribution in [0.1, 0.15) is 24.0 Å². The third-order valence-corrected chi connectivity index (χ3v) is 2.16. The maximum absolute atomic E-state index is 3.29. The first-order valence-corrected chi connectivity index (χ1v) is 3.95. The molecule has 0 saturated heterocycles. The monoisotopic (exact) mass is 138 g/mol. The second-order valence-corrected chi connectivity index (χ2v) is 2.88. The SMILES string of the molecule is [Li+].[c-]1cccc2c1CCCC2. The topological polar surface area (TPSA) is 0 Å². The molecule has 52 valence electrons. The summed E-state index contributed by atoms with van der Waals surface area (Å²) in [5.74, 6) is 0. The molecular formula is C10H11Li. The van der Waals surface area contributed by atoms with E-state index in [9.17, 15) is 0 Å². The Hall–Kier alpha value is -0.183. The van der Waals surface area contributed by atoms with Gasteiger partial charge in [0.25, 0.3) is 0 Å². The summed E-state index contributed by atoms with van der Waals surface area (Å²) in [6.45, 7) is 0. The zero-order valence-electron chi connectivity index (χ0n) is 7.06. The number of aryl methyl sites for hydroxylation is 2. The van der Waals surface area contributed by atoms with Gasteiger partial charge in [0.1, 0.15) is 0 Å². The molecule has 0 aromatic heterocycles. The quantitative estimate of drug-likeness (QED) is 0.331. The number of hydrogen-bond acceptors (Lipinski definition) is 0. The van der Waals surface area contributed by atoms with Crippen molar-refractivity contribution in [1.82, 2.24) is 0 Å². The maximum atomic E-state index is 3.29. The van der Waals surface area contributed by atoms with Crippen LogP contribution in [0.4, 0.5) is 0 Å². The van der Waals surface area contributed by atoms with Gasteiger partial charge in [-0.15, -0.1) is 0 Å². The third kappa shape index (κ3) is 1.89. The summed E-state index contributed by atoms with van der Waals surface area (Å²) in [4.78, 5) is 0. The molecule has 1 heteroatoms. The van der Waals surface area contributed by atoms with Crippen LogP contribution in [0.25, 0.3) is 0 Å². The minimum atomic E-state index is 0. The van der Waals surface area contributed by atoms with Crippen molar-refractivity contribution in [3.63, 3.8) is 0 Å². The van der Waals surface area contributed by atoms with Crippen LogP contribution in [0, 0.1) is 6.07 Å². The molecule has 0 saturated carbocycles. The van der Waals surface area contributed by atoms with Crippen molar-refractivity contribution >= 4 is 0 Å². The molecule has 0 bridgehead atoms. The Morgan fingerprint density at radius 1 is 1.18 bits per heavy atom.